The topological polar surface area (TPSA) is 56.1 Å². The predicted molar refractivity (Wildman–Crippen MR) is 112 cm³/mol. The van der Waals surface area contributed by atoms with Gasteiger partial charge in [0.15, 0.2) is 0 Å². The minimum absolute atomic E-state index is 0.119. The first-order valence-corrected chi connectivity index (χ1v) is 10.3. The van der Waals surface area contributed by atoms with E-state index in [1.54, 1.807) is 29.8 Å². The molecule has 0 bridgehead atoms. The number of benzene rings is 2. The molecule has 4 rings (SSSR count). The van der Waals surface area contributed by atoms with E-state index in [4.69, 9.17) is 11.6 Å². The summed E-state index contributed by atoms with van der Waals surface area (Å²) in [6.07, 6.45) is 1.70. The van der Waals surface area contributed by atoms with Crippen LogP contribution in [-0.4, -0.2) is 21.0 Å². The van der Waals surface area contributed by atoms with Gasteiger partial charge >= 0.3 is 5.57 Å². The average Bonchev–Trinajstić information content (AvgIpc) is 3.31. The molecule has 5 nitrogen and oxygen atoms in total. The Kier molecular flexibility index (Phi) is 5.28. The number of imidazole rings is 1. The van der Waals surface area contributed by atoms with E-state index in [2.05, 4.69) is 31.0 Å². The molecule has 29 heavy (non-hydrogen) atoms. The molecule has 1 amide bonds. The quantitative estimate of drug-likeness (QED) is 0.330. The van der Waals surface area contributed by atoms with E-state index in [-0.39, 0.29) is 11.7 Å². The van der Waals surface area contributed by atoms with Gasteiger partial charge in [-0.15, -0.1) is 8.78 Å². The Morgan fingerprint density at radius 2 is 2.00 bits per heavy atom. The van der Waals surface area contributed by atoms with Crippen molar-refractivity contribution in [1.82, 2.24) is 9.55 Å². The zero-order chi connectivity index (χ0) is 20.6. The number of anilines is 1. The number of aromatic nitrogens is 2. The highest BCUT2D eigenvalue weighted by molar-refractivity contribution is 9.10. The third kappa shape index (κ3) is 4.42. The van der Waals surface area contributed by atoms with Crippen molar-refractivity contribution in [3.63, 3.8) is 0 Å². The fourth-order valence-electron chi connectivity index (χ4n) is 2.76. The predicted octanol–water partition coefficient (Wildman–Crippen LogP) is 6.27. The molecule has 0 radical (unpaired) electrons. The monoisotopic (exact) mass is 497 g/mol. The molecule has 1 N–H and O–H groups in total. The molecule has 0 saturated heterocycles. The zero-order valence-electron chi connectivity index (χ0n) is 14.4. The number of carbonyl (C=O) groups excluding carboxylic acids is 1. The van der Waals surface area contributed by atoms with Gasteiger partial charge in [0.1, 0.15) is 12.1 Å². The van der Waals surface area contributed by atoms with Crippen LogP contribution in [-0.2, 0) is 0 Å². The summed E-state index contributed by atoms with van der Waals surface area (Å²) in [5, 5.41) is 6.68. The number of rotatable bonds is 5. The highest BCUT2D eigenvalue weighted by Gasteiger charge is 2.27. The molecule has 0 unspecified atom stereocenters. The highest BCUT2D eigenvalue weighted by Crippen LogP contribution is 2.29. The van der Waals surface area contributed by atoms with Crippen LogP contribution in [0.2, 0.25) is 0 Å². The summed E-state index contributed by atoms with van der Waals surface area (Å²) < 4.78 is 32.2. The van der Waals surface area contributed by atoms with Gasteiger partial charge in [0.25, 0.3) is 5.91 Å². The summed E-state index contributed by atoms with van der Waals surface area (Å²) in [4.78, 5) is 17.0. The number of halogens is 4. The number of carbonyl (C=O) groups is 1. The van der Waals surface area contributed by atoms with E-state index in [1.807, 2.05) is 21.4 Å². The molecule has 0 fully saturated rings. The molecule has 0 aliphatic rings. The lowest BCUT2D eigenvalue weighted by molar-refractivity contribution is -0.0964. The van der Waals surface area contributed by atoms with E-state index < -0.39 is 5.57 Å². The van der Waals surface area contributed by atoms with Crippen molar-refractivity contribution in [2.24, 2.45) is 0 Å². The van der Waals surface area contributed by atoms with Crippen LogP contribution in [0, 0.1) is 0 Å². The van der Waals surface area contributed by atoms with E-state index in [0.717, 1.165) is 15.7 Å². The van der Waals surface area contributed by atoms with Gasteiger partial charge < -0.3 is 10.1 Å². The van der Waals surface area contributed by atoms with Crippen molar-refractivity contribution in [2.45, 2.75) is 5.57 Å². The molecule has 0 atom stereocenters. The van der Waals surface area contributed by atoms with Crippen molar-refractivity contribution >= 4 is 61.5 Å². The van der Waals surface area contributed by atoms with Crippen LogP contribution in [0.25, 0.3) is 16.7 Å². The lowest BCUT2D eigenvalue weighted by atomic mass is 10.1. The van der Waals surface area contributed by atoms with Gasteiger partial charge in [0.05, 0.1) is 16.7 Å². The van der Waals surface area contributed by atoms with Gasteiger partial charge in [-0.05, 0) is 63.8 Å². The number of hydrogen-bond donors (Lipinski definition) is 1. The third-order valence-corrected chi connectivity index (χ3v) is 5.34. The second kappa shape index (κ2) is 7.74. The molecule has 0 saturated carbocycles. The molecule has 0 aliphatic carbocycles. The largest absolute Gasteiger partial charge is 0.487 e. The van der Waals surface area contributed by atoms with Crippen molar-refractivity contribution in [2.75, 3.05) is 5.32 Å². The molecule has 0 aliphatic heterocycles. The Hall–Kier alpha value is -2.49. The first-order valence-electron chi connectivity index (χ1n) is 8.16. The van der Waals surface area contributed by atoms with Crippen LogP contribution in [0.4, 0.5) is 14.5 Å². The number of hydrogen-bond acceptors (Lipinski definition) is 4. The molecule has 10 heteroatoms. The summed E-state index contributed by atoms with van der Waals surface area (Å²) >= 11 is 9.83. The Morgan fingerprint density at radius 3 is 2.66 bits per heavy atom. The smallest absolute Gasteiger partial charge is 0.420 e. The van der Waals surface area contributed by atoms with E-state index in [9.17, 15) is 13.6 Å². The van der Waals surface area contributed by atoms with Crippen molar-refractivity contribution in [3.05, 3.63) is 69.6 Å². The van der Waals surface area contributed by atoms with Gasteiger partial charge in [0, 0.05) is 32.7 Å². The highest BCUT2D eigenvalue weighted by atomic mass is 79.9. The summed E-state index contributed by atoms with van der Waals surface area (Å²) in [6, 6.07) is 10.8. The average molecular weight is 499 g/mol. The fraction of sp³-hybridized carbons (Fsp3) is 0.0526. The molecule has 2 heterocycles. The summed E-state index contributed by atoms with van der Waals surface area (Å²) in [7, 11) is 0. The van der Waals surface area contributed by atoms with E-state index in [1.165, 1.54) is 24.3 Å². The van der Waals surface area contributed by atoms with Crippen molar-refractivity contribution < 1.29 is 18.3 Å². The Morgan fingerprint density at radius 1 is 1.24 bits per heavy atom. The van der Waals surface area contributed by atoms with Crippen LogP contribution in [0.1, 0.15) is 10.4 Å². The van der Waals surface area contributed by atoms with E-state index in [0.29, 0.717) is 16.8 Å². The number of fused-ring (bicyclic) bond motifs is 1. The molecule has 4 aromatic rings. The van der Waals surface area contributed by atoms with Gasteiger partial charge in [-0.25, -0.2) is 4.98 Å². The number of ether oxygens (including phenoxy) is 1. The normalized spacial score (nSPS) is 11.6. The maximum Gasteiger partial charge on any atom is 0.487 e. The van der Waals surface area contributed by atoms with Gasteiger partial charge in [-0.3, -0.25) is 9.36 Å². The summed E-state index contributed by atoms with van der Waals surface area (Å²) in [6.45, 7) is 0. The van der Waals surface area contributed by atoms with Crippen molar-refractivity contribution in [1.29, 1.82) is 0 Å². The standard InChI is InChI=1S/C19H11BrClF2N3O2S/c20-15-7-11(8-16-17(15)26(10-24-16)13-5-6-29-9-13)18(27)25-12-1-3-14(4-2-12)28-19(21,22)23/h1-10H,(H,25,27). The van der Waals surface area contributed by atoms with Gasteiger partial charge in [0.2, 0.25) is 0 Å². The van der Waals surface area contributed by atoms with E-state index >= 15 is 0 Å². The van der Waals surface area contributed by atoms with Crippen LogP contribution in [0.3, 0.4) is 0 Å². The van der Waals surface area contributed by atoms with Gasteiger partial charge in [-0.1, -0.05) is 0 Å². The number of nitrogens with zero attached hydrogens (tertiary/aromatic N) is 2. The molecule has 0 spiro atoms. The number of amides is 1. The first kappa shape index (κ1) is 19.8. The second-order valence-corrected chi connectivity index (χ2v) is 8.02. The minimum atomic E-state index is -3.79. The van der Waals surface area contributed by atoms with Gasteiger partial charge in [-0.2, -0.15) is 11.3 Å². The SMILES string of the molecule is O=C(Nc1ccc(OC(F)(F)Cl)cc1)c1cc(Br)c2c(c1)ncn2-c1ccsc1. The summed E-state index contributed by atoms with van der Waals surface area (Å²) in [5.41, 5.74) is -0.487. The van der Waals surface area contributed by atoms with Crippen LogP contribution >= 0.6 is 38.9 Å². The summed E-state index contributed by atoms with van der Waals surface area (Å²) in [5.74, 6) is -0.486. The van der Waals surface area contributed by atoms with Crippen LogP contribution in [0.5, 0.6) is 5.75 Å². The molecule has 148 valence electrons. The third-order valence-electron chi connectivity index (χ3n) is 3.99. The number of thiophene rings is 1. The zero-order valence-corrected chi connectivity index (χ0v) is 17.6. The Labute approximate surface area is 181 Å². The second-order valence-electron chi connectivity index (χ2n) is 5.95. The first-order chi connectivity index (χ1) is 13.8. The lowest BCUT2D eigenvalue weighted by Crippen LogP contribution is -2.15. The maximum absolute atomic E-state index is 12.7. The number of nitrogens with one attached hydrogen (secondary N) is 1. The fourth-order valence-corrected chi connectivity index (χ4v) is 4.12. The molecular formula is C19H11BrClF2N3O2S. The Balaban J connectivity index is 1.56. The lowest BCUT2D eigenvalue weighted by Gasteiger charge is -2.11. The van der Waals surface area contributed by atoms with Crippen LogP contribution in [0.15, 0.2) is 64.0 Å². The van der Waals surface area contributed by atoms with Crippen LogP contribution < -0.4 is 10.1 Å². The Bertz CT molecular complexity index is 1170. The molecule has 2 aromatic heterocycles. The maximum atomic E-state index is 12.7. The van der Waals surface area contributed by atoms with Crippen molar-refractivity contribution in [3.8, 4) is 11.4 Å². The minimum Gasteiger partial charge on any atom is -0.420 e. The molecule has 2 aromatic carbocycles. The molecular weight excluding hydrogens is 488 g/mol. The number of alkyl halides is 3.